The molecule has 1 aromatic heterocycles. The van der Waals surface area contributed by atoms with Gasteiger partial charge in [0.1, 0.15) is 0 Å². The minimum Gasteiger partial charge on any atom is -0.293 e. The number of fused-ring (bicyclic) bond motifs is 1. The first kappa shape index (κ1) is 12.4. The quantitative estimate of drug-likeness (QED) is 0.890. The summed E-state index contributed by atoms with van der Waals surface area (Å²) in [5.74, 6) is 0. The largest absolute Gasteiger partial charge is 0.390 e. The maximum atomic E-state index is 12.2. The van der Waals surface area contributed by atoms with Gasteiger partial charge in [0.2, 0.25) is 0 Å². The number of halogens is 3. The molecule has 0 fully saturated rings. The first-order valence-corrected chi connectivity index (χ1v) is 5.17. The van der Waals surface area contributed by atoms with Gasteiger partial charge in [0.25, 0.3) is 5.56 Å². The Morgan fingerprint density at radius 2 is 1.83 bits per heavy atom. The molecule has 1 N–H and O–H groups in total. The molecule has 0 unspecified atom stereocenters. The van der Waals surface area contributed by atoms with Crippen LogP contribution in [0.4, 0.5) is 13.2 Å². The number of nitrogens with one attached hydrogen (secondary N) is 1. The van der Waals surface area contributed by atoms with Crippen LogP contribution < -0.4 is 11.2 Å². The van der Waals surface area contributed by atoms with Gasteiger partial charge in [-0.1, -0.05) is 12.1 Å². The average Bonchev–Trinajstić information content (AvgIpc) is 2.27. The van der Waals surface area contributed by atoms with E-state index in [0.717, 1.165) is 4.57 Å². The number of alkyl halides is 3. The van der Waals surface area contributed by atoms with E-state index < -0.39 is 30.4 Å². The number of aromatic nitrogens is 2. The van der Waals surface area contributed by atoms with E-state index >= 15 is 0 Å². The maximum absolute atomic E-state index is 12.2. The van der Waals surface area contributed by atoms with Crippen molar-refractivity contribution in [3.05, 3.63) is 45.1 Å². The van der Waals surface area contributed by atoms with Gasteiger partial charge in [-0.2, -0.15) is 13.2 Å². The van der Waals surface area contributed by atoms with E-state index in [-0.39, 0.29) is 10.9 Å². The first-order valence-electron chi connectivity index (χ1n) is 5.17. The lowest BCUT2D eigenvalue weighted by molar-refractivity contribution is -0.136. The molecule has 0 spiro atoms. The number of benzene rings is 1. The normalized spacial score (nSPS) is 11.9. The Bertz CT molecular complexity index is 685. The van der Waals surface area contributed by atoms with Crippen molar-refractivity contribution in [2.24, 2.45) is 0 Å². The second-order valence-corrected chi connectivity index (χ2v) is 3.79. The van der Waals surface area contributed by atoms with Crippen molar-refractivity contribution in [2.45, 2.75) is 19.1 Å². The van der Waals surface area contributed by atoms with E-state index in [1.165, 1.54) is 12.1 Å². The number of rotatable bonds is 2. The summed E-state index contributed by atoms with van der Waals surface area (Å²) in [6.45, 7) is -0.514. The van der Waals surface area contributed by atoms with E-state index in [1.54, 1.807) is 12.1 Å². The Balaban J connectivity index is 2.57. The van der Waals surface area contributed by atoms with Gasteiger partial charge in [0, 0.05) is 6.54 Å². The second-order valence-electron chi connectivity index (χ2n) is 3.79. The van der Waals surface area contributed by atoms with Crippen LogP contribution in [0.25, 0.3) is 10.9 Å². The van der Waals surface area contributed by atoms with Gasteiger partial charge < -0.3 is 0 Å². The molecule has 0 aliphatic heterocycles. The fourth-order valence-electron chi connectivity index (χ4n) is 1.70. The second kappa shape index (κ2) is 4.32. The fraction of sp³-hybridized carbons (Fsp3) is 0.273. The smallest absolute Gasteiger partial charge is 0.293 e. The van der Waals surface area contributed by atoms with E-state index in [0.29, 0.717) is 0 Å². The lowest BCUT2D eigenvalue weighted by atomic mass is 10.2. The van der Waals surface area contributed by atoms with Crippen LogP contribution in [0.1, 0.15) is 6.42 Å². The van der Waals surface area contributed by atoms with Crippen LogP contribution in [0.2, 0.25) is 0 Å². The highest BCUT2D eigenvalue weighted by molar-refractivity contribution is 5.77. The van der Waals surface area contributed by atoms with Gasteiger partial charge in [-0.25, -0.2) is 4.79 Å². The Morgan fingerprint density at radius 1 is 1.17 bits per heavy atom. The Morgan fingerprint density at radius 3 is 2.50 bits per heavy atom. The minimum atomic E-state index is -4.35. The number of aryl methyl sites for hydroxylation is 1. The van der Waals surface area contributed by atoms with Crippen LogP contribution in [-0.2, 0) is 6.54 Å². The summed E-state index contributed by atoms with van der Waals surface area (Å²) in [4.78, 5) is 25.0. The Labute approximate surface area is 98.7 Å². The van der Waals surface area contributed by atoms with Gasteiger partial charge in [0.15, 0.2) is 0 Å². The predicted octanol–water partition coefficient (Wildman–Crippen LogP) is 1.64. The molecule has 0 amide bonds. The molecule has 0 atom stereocenters. The van der Waals surface area contributed by atoms with Gasteiger partial charge in [-0.3, -0.25) is 14.3 Å². The summed E-state index contributed by atoms with van der Waals surface area (Å²) in [5.41, 5.74) is -1.22. The average molecular weight is 258 g/mol. The fourth-order valence-corrected chi connectivity index (χ4v) is 1.70. The molecule has 0 bridgehead atoms. The molecule has 18 heavy (non-hydrogen) atoms. The van der Waals surface area contributed by atoms with Crippen molar-refractivity contribution in [1.82, 2.24) is 9.55 Å². The number of nitrogens with zero attached hydrogens (tertiary/aromatic N) is 1. The molecule has 0 aliphatic carbocycles. The summed E-state index contributed by atoms with van der Waals surface area (Å²) in [6.07, 6.45) is -5.47. The topological polar surface area (TPSA) is 54.9 Å². The lowest BCUT2D eigenvalue weighted by Gasteiger charge is -2.10. The zero-order chi connectivity index (χ0) is 13.3. The highest BCUT2D eigenvalue weighted by Crippen LogP contribution is 2.20. The number of para-hydroxylation sites is 1. The van der Waals surface area contributed by atoms with Crippen LogP contribution in [0.3, 0.4) is 0 Å². The van der Waals surface area contributed by atoms with E-state index in [2.05, 4.69) is 0 Å². The zero-order valence-electron chi connectivity index (χ0n) is 9.12. The molecule has 0 aliphatic rings. The van der Waals surface area contributed by atoms with Gasteiger partial charge in [-0.05, 0) is 12.1 Å². The minimum absolute atomic E-state index is 0.194. The third-order valence-corrected chi connectivity index (χ3v) is 2.52. The van der Waals surface area contributed by atoms with Crippen LogP contribution in [0.5, 0.6) is 0 Å². The molecule has 1 heterocycles. The van der Waals surface area contributed by atoms with Crippen LogP contribution in [0, 0.1) is 0 Å². The van der Waals surface area contributed by atoms with Crippen LogP contribution in [-0.4, -0.2) is 15.7 Å². The van der Waals surface area contributed by atoms with Crippen molar-refractivity contribution in [3.63, 3.8) is 0 Å². The molecule has 2 aromatic rings. The number of H-pyrrole nitrogens is 1. The third kappa shape index (κ3) is 2.44. The predicted molar refractivity (Wildman–Crippen MR) is 59.5 cm³/mol. The first-order chi connectivity index (χ1) is 8.38. The molecular formula is C11H9F3N2O2. The maximum Gasteiger partial charge on any atom is 0.390 e. The highest BCUT2D eigenvalue weighted by atomic mass is 19.4. The third-order valence-electron chi connectivity index (χ3n) is 2.52. The van der Waals surface area contributed by atoms with Crippen molar-refractivity contribution in [2.75, 3.05) is 0 Å². The molecule has 7 heteroatoms. The van der Waals surface area contributed by atoms with E-state index in [1.807, 2.05) is 4.98 Å². The standard InChI is InChI=1S/C11H9F3N2O2/c12-11(13,14)5-6-16-8-4-2-1-3-7(8)9(17)15-10(16)18/h1-4H,5-6H2,(H,15,17,18). The molecule has 96 valence electrons. The zero-order valence-corrected chi connectivity index (χ0v) is 9.12. The summed E-state index contributed by atoms with van der Waals surface area (Å²) >= 11 is 0. The van der Waals surface area contributed by atoms with E-state index in [9.17, 15) is 22.8 Å². The van der Waals surface area contributed by atoms with E-state index in [4.69, 9.17) is 0 Å². The summed E-state index contributed by atoms with van der Waals surface area (Å²) < 4.78 is 37.4. The number of hydrogen-bond donors (Lipinski definition) is 1. The van der Waals surface area contributed by atoms with Crippen molar-refractivity contribution in [1.29, 1.82) is 0 Å². The van der Waals surface area contributed by atoms with Gasteiger partial charge >= 0.3 is 11.9 Å². The Hall–Kier alpha value is -2.05. The van der Waals surface area contributed by atoms with Crippen LogP contribution in [0.15, 0.2) is 33.9 Å². The van der Waals surface area contributed by atoms with Gasteiger partial charge in [-0.15, -0.1) is 0 Å². The molecule has 0 saturated heterocycles. The Kier molecular flexibility index (Phi) is 2.98. The molecular weight excluding hydrogens is 249 g/mol. The highest BCUT2D eigenvalue weighted by Gasteiger charge is 2.27. The van der Waals surface area contributed by atoms with Gasteiger partial charge in [0.05, 0.1) is 17.3 Å². The summed E-state index contributed by atoms with van der Waals surface area (Å²) in [5, 5.41) is 0.194. The number of aromatic amines is 1. The van der Waals surface area contributed by atoms with Crippen molar-refractivity contribution >= 4 is 10.9 Å². The SMILES string of the molecule is O=c1[nH]c(=O)n(CCC(F)(F)F)c2ccccc12. The molecule has 0 saturated carbocycles. The summed E-state index contributed by atoms with van der Waals surface area (Å²) in [6, 6.07) is 6.04. The number of hydrogen-bond acceptors (Lipinski definition) is 2. The molecule has 4 nitrogen and oxygen atoms in total. The monoisotopic (exact) mass is 258 g/mol. The molecule has 2 rings (SSSR count). The van der Waals surface area contributed by atoms with Crippen molar-refractivity contribution < 1.29 is 13.2 Å². The molecule has 0 radical (unpaired) electrons. The molecule has 1 aromatic carbocycles. The van der Waals surface area contributed by atoms with Crippen LogP contribution >= 0.6 is 0 Å². The lowest BCUT2D eigenvalue weighted by Crippen LogP contribution is -2.31. The summed E-state index contributed by atoms with van der Waals surface area (Å²) in [7, 11) is 0. The van der Waals surface area contributed by atoms with Crippen molar-refractivity contribution in [3.8, 4) is 0 Å².